The molecule has 0 spiro atoms. The fourth-order valence-corrected chi connectivity index (χ4v) is 2.18. The topological polar surface area (TPSA) is 34.1 Å². The van der Waals surface area contributed by atoms with Crippen LogP contribution in [0.25, 0.3) is 0 Å². The molecular weight excluding hydrogens is 331 g/mol. The lowest BCUT2D eigenvalue weighted by Gasteiger charge is -2.11. The average Bonchev–Trinajstić information content (AvgIpc) is 2.49. The Bertz CT molecular complexity index is 620. The number of hydrogen-bond donors (Lipinski definition) is 1. The summed E-state index contributed by atoms with van der Waals surface area (Å²) in [6.07, 6.45) is 1.02. The number of anilines is 1. The van der Waals surface area contributed by atoms with Gasteiger partial charge in [-0.3, -0.25) is 0 Å². The lowest BCUT2D eigenvalue weighted by Crippen LogP contribution is -2.05. The average molecular weight is 346 g/mol. The third kappa shape index (κ3) is 4.40. The van der Waals surface area contributed by atoms with Crippen molar-refractivity contribution in [2.45, 2.75) is 20.0 Å². The van der Waals surface area contributed by atoms with Crippen LogP contribution in [0.5, 0.6) is 5.75 Å². The molecule has 0 radical (unpaired) electrons. The summed E-state index contributed by atoms with van der Waals surface area (Å²) >= 11 is 18.2. The van der Waals surface area contributed by atoms with Crippen LogP contribution < -0.4 is 10.1 Å². The fraction of sp³-hybridized carbons (Fsp3) is 0.267. The minimum absolute atomic E-state index is 0.223. The Morgan fingerprint density at radius 3 is 2.67 bits per heavy atom. The van der Waals surface area contributed by atoms with E-state index in [-0.39, 0.29) is 6.61 Å². The summed E-state index contributed by atoms with van der Waals surface area (Å²) in [4.78, 5) is 4.43. The number of ether oxygens (including phenoxy) is 1. The van der Waals surface area contributed by atoms with Crippen molar-refractivity contribution in [3.05, 3.63) is 51.1 Å². The molecular formula is C15H15Cl3N2O. The number of pyridine rings is 1. The minimum Gasteiger partial charge on any atom is -0.486 e. The summed E-state index contributed by atoms with van der Waals surface area (Å²) in [7, 11) is 0. The number of nitrogens with zero attached hydrogens (tertiary/aromatic N) is 1. The third-order valence-electron chi connectivity index (χ3n) is 2.76. The normalized spacial score (nSPS) is 10.5. The van der Waals surface area contributed by atoms with Crippen molar-refractivity contribution in [3.63, 3.8) is 0 Å². The van der Waals surface area contributed by atoms with Crippen LogP contribution in [-0.2, 0) is 6.61 Å². The van der Waals surface area contributed by atoms with Gasteiger partial charge in [0.05, 0.1) is 15.7 Å². The number of benzene rings is 1. The first-order valence-electron chi connectivity index (χ1n) is 6.58. The second-order valence-corrected chi connectivity index (χ2v) is 5.58. The SMILES string of the molecule is CCCNc1ccc(Cl)c(COc2cccc(Cl)c2Cl)n1. The molecule has 1 N–H and O–H groups in total. The summed E-state index contributed by atoms with van der Waals surface area (Å²) in [5.41, 5.74) is 0.647. The Balaban J connectivity index is 2.10. The number of hydrogen-bond acceptors (Lipinski definition) is 3. The molecule has 1 aromatic heterocycles. The molecule has 0 aliphatic carbocycles. The van der Waals surface area contributed by atoms with Gasteiger partial charge in [-0.25, -0.2) is 4.98 Å². The van der Waals surface area contributed by atoms with Crippen LogP contribution in [0.15, 0.2) is 30.3 Å². The molecule has 6 heteroatoms. The quantitative estimate of drug-likeness (QED) is 0.756. The number of halogens is 3. The van der Waals surface area contributed by atoms with Gasteiger partial charge in [0.1, 0.15) is 23.2 Å². The minimum atomic E-state index is 0.223. The molecule has 2 aromatic rings. The van der Waals surface area contributed by atoms with Gasteiger partial charge >= 0.3 is 0 Å². The van der Waals surface area contributed by atoms with Gasteiger partial charge in [0, 0.05) is 6.54 Å². The zero-order chi connectivity index (χ0) is 15.2. The highest BCUT2D eigenvalue weighted by atomic mass is 35.5. The van der Waals surface area contributed by atoms with E-state index in [1.165, 1.54) is 0 Å². The highest BCUT2D eigenvalue weighted by Crippen LogP contribution is 2.32. The number of nitrogens with one attached hydrogen (secondary N) is 1. The van der Waals surface area contributed by atoms with E-state index >= 15 is 0 Å². The first-order chi connectivity index (χ1) is 10.1. The van der Waals surface area contributed by atoms with Crippen LogP contribution in [0.2, 0.25) is 15.1 Å². The second kappa shape index (κ2) is 7.74. The molecule has 0 bridgehead atoms. The maximum atomic E-state index is 6.14. The van der Waals surface area contributed by atoms with E-state index in [0.717, 1.165) is 18.8 Å². The summed E-state index contributed by atoms with van der Waals surface area (Å²) in [5, 5.41) is 4.59. The molecule has 112 valence electrons. The maximum absolute atomic E-state index is 6.14. The maximum Gasteiger partial charge on any atom is 0.140 e. The van der Waals surface area contributed by atoms with Gasteiger partial charge < -0.3 is 10.1 Å². The van der Waals surface area contributed by atoms with Crippen molar-refractivity contribution in [2.24, 2.45) is 0 Å². The lowest BCUT2D eigenvalue weighted by atomic mass is 10.3. The molecule has 0 amide bonds. The van der Waals surface area contributed by atoms with Gasteiger partial charge in [0.2, 0.25) is 0 Å². The van der Waals surface area contributed by atoms with E-state index in [2.05, 4.69) is 17.2 Å². The largest absolute Gasteiger partial charge is 0.486 e. The van der Waals surface area contributed by atoms with Crippen molar-refractivity contribution < 1.29 is 4.74 Å². The van der Waals surface area contributed by atoms with Crippen molar-refractivity contribution >= 4 is 40.6 Å². The molecule has 21 heavy (non-hydrogen) atoms. The highest BCUT2D eigenvalue weighted by Gasteiger charge is 2.09. The van der Waals surface area contributed by atoms with E-state index in [1.807, 2.05) is 6.07 Å². The molecule has 3 nitrogen and oxygen atoms in total. The van der Waals surface area contributed by atoms with Crippen molar-refractivity contribution in [1.82, 2.24) is 4.98 Å². The van der Waals surface area contributed by atoms with E-state index in [1.54, 1.807) is 24.3 Å². The van der Waals surface area contributed by atoms with Crippen LogP contribution in [-0.4, -0.2) is 11.5 Å². The Kier molecular flexibility index (Phi) is 5.97. The molecule has 0 aliphatic rings. The van der Waals surface area contributed by atoms with E-state index in [4.69, 9.17) is 39.5 Å². The fourth-order valence-electron chi connectivity index (χ4n) is 1.68. The standard InChI is InChI=1S/C15H15Cl3N2O/c1-2-8-19-14-7-6-10(16)12(20-14)9-21-13-5-3-4-11(17)15(13)18/h3-7H,2,8-9H2,1H3,(H,19,20). The lowest BCUT2D eigenvalue weighted by molar-refractivity contribution is 0.302. The first-order valence-corrected chi connectivity index (χ1v) is 7.71. The van der Waals surface area contributed by atoms with Gasteiger partial charge in [0.25, 0.3) is 0 Å². The second-order valence-electron chi connectivity index (χ2n) is 4.39. The van der Waals surface area contributed by atoms with Gasteiger partial charge in [0.15, 0.2) is 0 Å². The molecule has 0 unspecified atom stereocenters. The van der Waals surface area contributed by atoms with Crippen molar-refractivity contribution in [2.75, 3.05) is 11.9 Å². The first kappa shape index (κ1) is 16.2. The summed E-state index contributed by atoms with van der Waals surface area (Å²) in [6.45, 7) is 3.17. The molecule has 0 saturated heterocycles. The van der Waals surface area contributed by atoms with Crippen LogP contribution in [0.4, 0.5) is 5.82 Å². The van der Waals surface area contributed by atoms with Crippen molar-refractivity contribution in [3.8, 4) is 5.75 Å². The Hall–Kier alpha value is -1.16. The summed E-state index contributed by atoms with van der Waals surface area (Å²) in [5.74, 6) is 1.28. The smallest absolute Gasteiger partial charge is 0.140 e. The van der Waals surface area contributed by atoms with Gasteiger partial charge in [-0.05, 0) is 30.7 Å². The molecule has 2 rings (SSSR count). The number of aromatic nitrogens is 1. The highest BCUT2D eigenvalue weighted by molar-refractivity contribution is 6.42. The Morgan fingerprint density at radius 2 is 1.90 bits per heavy atom. The van der Waals surface area contributed by atoms with Crippen LogP contribution in [0.3, 0.4) is 0 Å². The van der Waals surface area contributed by atoms with E-state index < -0.39 is 0 Å². The monoisotopic (exact) mass is 344 g/mol. The van der Waals surface area contributed by atoms with Gasteiger partial charge in [-0.2, -0.15) is 0 Å². The van der Waals surface area contributed by atoms with Gasteiger partial charge in [-0.1, -0.05) is 47.8 Å². The molecule has 0 saturated carbocycles. The molecule has 1 heterocycles. The van der Waals surface area contributed by atoms with Crippen LogP contribution in [0, 0.1) is 0 Å². The summed E-state index contributed by atoms with van der Waals surface area (Å²) in [6, 6.07) is 8.87. The zero-order valence-electron chi connectivity index (χ0n) is 11.5. The van der Waals surface area contributed by atoms with Crippen LogP contribution in [0.1, 0.15) is 19.0 Å². The Morgan fingerprint density at radius 1 is 1.10 bits per heavy atom. The van der Waals surface area contributed by atoms with Crippen LogP contribution >= 0.6 is 34.8 Å². The van der Waals surface area contributed by atoms with E-state index in [9.17, 15) is 0 Å². The van der Waals surface area contributed by atoms with Gasteiger partial charge in [-0.15, -0.1) is 0 Å². The third-order valence-corrected chi connectivity index (χ3v) is 3.90. The predicted molar refractivity (Wildman–Crippen MR) is 88.8 cm³/mol. The molecule has 0 atom stereocenters. The summed E-state index contributed by atoms with van der Waals surface area (Å²) < 4.78 is 5.65. The van der Waals surface area contributed by atoms with Crippen molar-refractivity contribution in [1.29, 1.82) is 0 Å². The molecule has 0 aliphatic heterocycles. The zero-order valence-corrected chi connectivity index (χ0v) is 13.8. The number of rotatable bonds is 6. The van der Waals surface area contributed by atoms with E-state index in [0.29, 0.717) is 26.5 Å². The molecule has 1 aromatic carbocycles. The predicted octanol–water partition coefficient (Wildman–Crippen LogP) is 5.44. The molecule has 0 fully saturated rings. The Labute approximate surface area is 139 Å².